The Morgan fingerprint density at radius 2 is 2.10 bits per heavy atom. The summed E-state index contributed by atoms with van der Waals surface area (Å²) in [5.74, 6) is -0.404. The van der Waals surface area contributed by atoms with Crippen molar-refractivity contribution in [1.29, 1.82) is 0 Å². The number of anilines is 1. The van der Waals surface area contributed by atoms with Gasteiger partial charge in [-0.1, -0.05) is 13.0 Å². The number of nitrogens with two attached hydrogens (primary N) is 1. The lowest BCUT2D eigenvalue weighted by Crippen LogP contribution is -2.25. The lowest BCUT2D eigenvalue weighted by atomic mass is 10.2. The first-order valence-corrected chi connectivity index (χ1v) is 10.3. The minimum absolute atomic E-state index is 0.000627. The van der Waals surface area contributed by atoms with Crippen LogP contribution in [0.5, 0.6) is 0 Å². The van der Waals surface area contributed by atoms with E-state index in [2.05, 4.69) is 32.3 Å². The average molecular weight is 422 g/mol. The molecular formula is C21H26N8O2. The quantitative estimate of drug-likeness (QED) is 0.593. The lowest BCUT2D eigenvalue weighted by Gasteiger charge is -2.14. The van der Waals surface area contributed by atoms with E-state index in [0.29, 0.717) is 5.69 Å². The summed E-state index contributed by atoms with van der Waals surface area (Å²) in [7, 11) is 1.64. The molecule has 10 nitrogen and oxygen atoms in total. The van der Waals surface area contributed by atoms with Crippen molar-refractivity contribution in [3.63, 3.8) is 0 Å². The number of nitrogens with zero attached hydrogens (tertiary/aromatic N) is 6. The summed E-state index contributed by atoms with van der Waals surface area (Å²) in [6, 6.07) is 5.20. The summed E-state index contributed by atoms with van der Waals surface area (Å²) in [5.41, 5.74) is 7.27. The Balaban J connectivity index is 1.44. The second-order valence-electron chi connectivity index (χ2n) is 7.98. The van der Waals surface area contributed by atoms with Crippen molar-refractivity contribution in [1.82, 2.24) is 29.4 Å². The number of carbonyl (C=O) groups is 2. The minimum atomic E-state index is -0.714. The maximum absolute atomic E-state index is 12.7. The molecule has 1 aliphatic rings. The van der Waals surface area contributed by atoms with Crippen molar-refractivity contribution in [3.05, 3.63) is 48.2 Å². The van der Waals surface area contributed by atoms with E-state index in [1.54, 1.807) is 25.4 Å². The molecule has 10 heteroatoms. The van der Waals surface area contributed by atoms with Crippen molar-refractivity contribution in [2.24, 2.45) is 18.7 Å². The third kappa shape index (κ3) is 4.80. The number of pyridine rings is 1. The molecule has 0 bridgehead atoms. The van der Waals surface area contributed by atoms with E-state index in [0.717, 1.165) is 37.7 Å². The predicted molar refractivity (Wildman–Crippen MR) is 115 cm³/mol. The van der Waals surface area contributed by atoms with Gasteiger partial charge in [-0.3, -0.25) is 19.0 Å². The molecule has 1 aliphatic heterocycles. The molecule has 31 heavy (non-hydrogen) atoms. The second kappa shape index (κ2) is 8.68. The average Bonchev–Trinajstić information content (AvgIpc) is 3.46. The van der Waals surface area contributed by atoms with Crippen LogP contribution in [0.1, 0.15) is 34.3 Å². The summed E-state index contributed by atoms with van der Waals surface area (Å²) in [6.07, 6.45) is 6.47. The van der Waals surface area contributed by atoms with E-state index in [4.69, 9.17) is 5.73 Å². The fourth-order valence-electron chi connectivity index (χ4n) is 3.76. The molecule has 4 heterocycles. The van der Waals surface area contributed by atoms with Crippen molar-refractivity contribution >= 4 is 17.5 Å². The first-order chi connectivity index (χ1) is 14.9. The fourth-order valence-corrected chi connectivity index (χ4v) is 3.76. The maximum Gasteiger partial charge on any atom is 0.274 e. The molecular weight excluding hydrogens is 396 g/mol. The molecule has 0 aliphatic carbocycles. The van der Waals surface area contributed by atoms with Gasteiger partial charge in [0.05, 0.1) is 24.1 Å². The van der Waals surface area contributed by atoms with E-state index in [1.807, 2.05) is 16.9 Å². The zero-order chi connectivity index (χ0) is 22.0. The van der Waals surface area contributed by atoms with E-state index in [1.165, 1.54) is 17.3 Å². The van der Waals surface area contributed by atoms with Gasteiger partial charge < -0.3 is 16.0 Å². The lowest BCUT2D eigenvalue weighted by molar-refractivity contribution is 0.0995. The molecule has 3 aromatic heterocycles. The summed E-state index contributed by atoms with van der Waals surface area (Å²) in [5, 5.41) is 11.1. The van der Waals surface area contributed by atoms with E-state index >= 15 is 0 Å². The van der Waals surface area contributed by atoms with Crippen molar-refractivity contribution in [2.45, 2.75) is 19.9 Å². The molecule has 1 fully saturated rings. The van der Waals surface area contributed by atoms with Crippen LogP contribution in [0.2, 0.25) is 0 Å². The van der Waals surface area contributed by atoms with Gasteiger partial charge in [-0.05, 0) is 31.0 Å². The van der Waals surface area contributed by atoms with Crippen LogP contribution in [-0.4, -0.2) is 60.9 Å². The molecule has 1 saturated heterocycles. The predicted octanol–water partition coefficient (Wildman–Crippen LogP) is 1.37. The van der Waals surface area contributed by atoms with Gasteiger partial charge in [-0.25, -0.2) is 4.98 Å². The summed E-state index contributed by atoms with van der Waals surface area (Å²) >= 11 is 0. The van der Waals surface area contributed by atoms with Crippen molar-refractivity contribution in [2.75, 3.05) is 25.0 Å². The molecule has 3 N–H and O–H groups in total. The van der Waals surface area contributed by atoms with Gasteiger partial charge in [0.2, 0.25) is 0 Å². The normalized spacial score (nSPS) is 16.5. The Labute approximate surface area is 180 Å². The standard InChI is InChI=1S/C21H26N8O2/c1-14-6-7-28(11-14)8-9-29-12-15(10-23-29)16-4-3-5-17(24-16)21(31)25-18-13-27(2)26-19(18)20(22)30/h3-5,10,12-14H,6-9,11H2,1-2H3,(H2,22,30)(H,25,31). The Kier molecular flexibility index (Phi) is 5.81. The molecule has 1 unspecified atom stereocenters. The molecule has 162 valence electrons. The number of aryl methyl sites for hydroxylation is 1. The number of hydrogen-bond acceptors (Lipinski definition) is 6. The van der Waals surface area contributed by atoms with Crippen LogP contribution in [0, 0.1) is 5.92 Å². The number of likely N-dealkylation sites (tertiary alicyclic amines) is 1. The van der Waals surface area contributed by atoms with Crippen LogP contribution >= 0.6 is 0 Å². The largest absolute Gasteiger partial charge is 0.364 e. The molecule has 3 aromatic rings. The van der Waals surface area contributed by atoms with Crippen LogP contribution in [0.3, 0.4) is 0 Å². The third-order valence-electron chi connectivity index (χ3n) is 5.37. The first kappa shape index (κ1) is 20.7. The summed E-state index contributed by atoms with van der Waals surface area (Å²) in [4.78, 5) is 31.1. The molecule has 4 rings (SSSR count). The molecule has 0 aromatic carbocycles. The van der Waals surface area contributed by atoms with Crippen LogP contribution in [-0.2, 0) is 13.6 Å². The van der Waals surface area contributed by atoms with Crippen LogP contribution in [0.25, 0.3) is 11.3 Å². The van der Waals surface area contributed by atoms with Gasteiger partial charge in [0.1, 0.15) is 5.69 Å². The number of amides is 2. The topological polar surface area (TPSA) is 124 Å². The highest BCUT2D eigenvalue weighted by molar-refractivity contribution is 6.07. The smallest absolute Gasteiger partial charge is 0.274 e. The Bertz CT molecular complexity index is 1100. The SMILES string of the molecule is CC1CCN(CCn2cc(-c3cccc(C(=O)Nc4cn(C)nc4C(N)=O)n3)cn2)C1. The van der Waals surface area contributed by atoms with Crippen molar-refractivity contribution in [3.8, 4) is 11.3 Å². The fraction of sp³-hybridized carbons (Fsp3) is 0.381. The second-order valence-corrected chi connectivity index (χ2v) is 7.98. The maximum atomic E-state index is 12.7. The molecule has 0 radical (unpaired) electrons. The van der Waals surface area contributed by atoms with Crippen LogP contribution < -0.4 is 11.1 Å². The monoisotopic (exact) mass is 422 g/mol. The number of primary amides is 1. The molecule has 2 amide bonds. The molecule has 1 atom stereocenters. The van der Waals surface area contributed by atoms with E-state index < -0.39 is 11.8 Å². The van der Waals surface area contributed by atoms with Gasteiger partial charge in [0, 0.05) is 38.1 Å². The van der Waals surface area contributed by atoms with E-state index in [-0.39, 0.29) is 17.1 Å². The van der Waals surface area contributed by atoms with Gasteiger partial charge in [0.15, 0.2) is 5.69 Å². The minimum Gasteiger partial charge on any atom is -0.364 e. The first-order valence-electron chi connectivity index (χ1n) is 10.3. The highest BCUT2D eigenvalue weighted by Crippen LogP contribution is 2.19. The zero-order valence-corrected chi connectivity index (χ0v) is 17.7. The Morgan fingerprint density at radius 1 is 1.26 bits per heavy atom. The number of aromatic nitrogens is 5. The van der Waals surface area contributed by atoms with Gasteiger partial charge in [0.25, 0.3) is 11.8 Å². The van der Waals surface area contributed by atoms with Gasteiger partial charge >= 0.3 is 0 Å². The number of hydrogen-bond donors (Lipinski definition) is 2. The number of carbonyl (C=O) groups excluding carboxylic acids is 2. The zero-order valence-electron chi connectivity index (χ0n) is 17.7. The van der Waals surface area contributed by atoms with E-state index in [9.17, 15) is 9.59 Å². The highest BCUT2D eigenvalue weighted by atomic mass is 16.2. The van der Waals surface area contributed by atoms with Crippen molar-refractivity contribution < 1.29 is 9.59 Å². The Morgan fingerprint density at radius 3 is 2.84 bits per heavy atom. The van der Waals surface area contributed by atoms with Crippen LogP contribution in [0.4, 0.5) is 5.69 Å². The van der Waals surface area contributed by atoms with Gasteiger partial charge in [-0.2, -0.15) is 10.2 Å². The summed E-state index contributed by atoms with van der Waals surface area (Å²) < 4.78 is 3.32. The Hall–Kier alpha value is -3.53. The van der Waals surface area contributed by atoms with Crippen LogP contribution in [0.15, 0.2) is 36.8 Å². The summed E-state index contributed by atoms with van der Waals surface area (Å²) in [6.45, 7) is 6.34. The molecule has 0 saturated carbocycles. The number of nitrogens with one attached hydrogen (secondary N) is 1. The third-order valence-corrected chi connectivity index (χ3v) is 5.37. The van der Waals surface area contributed by atoms with Gasteiger partial charge in [-0.15, -0.1) is 0 Å². The highest BCUT2D eigenvalue weighted by Gasteiger charge is 2.19. The molecule has 0 spiro atoms. The number of rotatable bonds is 7.